The van der Waals surface area contributed by atoms with Crippen LogP contribution in [-0.4, -0.2) is 33.4 Å². The van der Waals surface area contributed by atoms with Gasteiger partial charge in [-0.15, -0.1) is 0 Å². The van der Waals surface area contributed by atoms with Crippen molar-refractivity contribution in [3.63, 3.8) is 0 Å². The summed E-state index contributed by atoms with van der Waals surface area (Å²) in [4.78, 5) is 26.5. The summed E-state index contributed by atoms with van der Waals surface area (Å²) in [6, 6.07) is 8.75. The Labute approximate surface area is 162 Å². The molecule has 1 aliphatic heterocycles. The highest BCUT2D eigenvalue weighted by molar-refractivity contribution is 7.99. The van der Waals surface area contributed by atoms with E-state index in [4.69, 9.17) is 11.6 Å². The van der Waals surface area contributed by atoms with E-state index in [0.29, 0.717) is 17.3 Å². The molecule has 2 aromatic rings. The number of thioether (sulfide) groups is 1. The SMILES string of the molecule is O=C(Cn1cccc(C(F)(F)F)c1=O)N1CCSCC1c1ccc(Cl)cc1. The molecule has 9 heteroatoms. The molecule has 2 heterocycles. The fraction of sp³-hybridized carbons (Fsp3) is 0.333. The molecule has 0 aliphatic carbocycles. The predicted molar refractivity (Wildman–Crippen MR) is 98.9 cm³/mol. The van der Waals surface area contributed by atoms with Gasteiger partial charge in [-0.05, 0) is 29.8 Å². The molecule has 0 spiro atoms. The third kappa shape index (κ3) is 4.50. The summed E-state index contributed by atoms with van der Waals surface area (Å²) in [7, 11) is 0. The maximum absolute atomic E-state index is 12.9. The van der Waals surface area contributed by atoms with E-state index in [1.807, 2.05) is 12.1 Å². The maximum atomic E-state index is 12.9. The van der Waals surface area contributed by atoms with Gasteiger partial charge in [0.2, 0.25) is 5.91 Å². The number of carbonyl (C=O) groups is 1. The van der Waals surface area contributed by atoms with E-state index >= 15 is 0 Å². The summed E-state index contributed by atoms with van der Waals surface area (Å²) in [5.41, 5.74) is -1.59. The summed E-state index contributed by atoms with van der Waals surface area (Å²) >= 11 is 7.60. The van der Waals surface area contributed by atoms with Gasteiger partial charge in [-0.1, -0.05) is 23.7 Å². The molecular formula is C18H16ClF3N2O2S. The van der Waals surface area contributed by atoms with Gasteiger partial charge in [0, 0.05) is 29.3 Å². The van der Waals surface area contributed by atoms with Crippen LogP contribution < -0.4 is 5.56 Å². The number of hydrogen-bond donors (Lipinski definition) is 0. The lowest BCUT2D eigenvalue weighted by Gasteiger charge is -2.36. The summed E-state index contributed by atoms with van der Waals surface area (Å²) in [5, 5.41) is 0.579. The van der Waals surface area contributed by atoms with Crippen LogP contribution in [0.5, 0.6) is 0 Å². The van der Waals surface area contributed by atoms with E-state index < -0.39 is 29.8 Å². The lowest BCUT2D eigenvalue weighted by molar-refractivity contribution is -0.140. The standard InChI is InChI=1S/C18H16ClF3N2O2S/c19-13-5-3-12(4-6-13)15-11-27-9-8-24(15)16(25)10-23-7-1-2-14(17(23)26)18(20,21)22/h1-7,15H,8-11H2. The van der Waals surface area contributed by atoms with Crippen LogP contribution in [0.4, 0.5) is 13.2 Å². The molecule has 1 unspecified atom stereocenters. The van der Waals surface area contributed by atoms with E-state index in [9.17, 15) is 22.8 Å². The zero-order chi connectivity index (χ0) is 19.6. The lowest BCUT2D eigenvalue weighted by atomic mass is 10.1. The Hall–Kier alpha value is -1.93. The van der Waals surface area contributed by atoms with Gasteiger partial charge in [-0.25, -0.2) is 0 Å². The van der Waals surface area contributed by atoms with Crippen molar-refractivity contribution in [2.24, 2.45) is 0 Å². The summed E-state index contributed by atoms with van der Waals surface area (Å²) in [6.07, 6.45) is -3.55. The van der Waals surface area contributed by atoms with Crippen molar-refractivity contribution < 1.29 is 18.0 Å². The molecule has 3 rings (SSSR count). The van der Waals surface area contributed by atoms with Gasteiger partial charge in [-0.2, -0.15) is 24.9 Å². The van der Waals surface area contributed by atoms with Crippen LogP contribution >= 0.6 is 23.4 Å². The van der Waals surface area contributed by atoms with Gasteiger partial charge in [0.1, 0.15) is 12.1 Å². The minimum Gasteiger partial charge on any atom is -0.332 e. The van der Waals surface area contributed by atoms with Gasteiger partial charge >= 0.3 is 6.18 Å². The van der Waals surface area contributed by atoms with E-state index in [0.717, 1.165) is 28.0 Å². The normalized spacial score (nSPS) is 17.8. The number of pyridine rings is 1. The van der Waals surface area contributed by atoms with E-state index in [1.54, 1.807) is 28.8 Å². The Morgan fingerprint density at radius 2 is 1.93 bits per heavy atom. The minimum absolute atomic E-state index is 0.213. The maximum Gasteiger partial charge on any atom is 0.421 e. The first kappa shape index (κ1) is 19.8. The molecule has 144 valence electrons. The highest BCUT2D eigenvalue weighted by atomic mass is 35.5. The van der Waals surface area contributed by atoms with Gasteiger partial charge in [0.05, 0.1) is 6.04 Å². The molecular weight excluding hydrogens is 401 g/mol. The Balaban J connectivity index is 1.84. The summed E-state index contributed by atoms with van der Waals surface area (Å²) in [5.74, 6) is 1.01. The van der Waals surface area contributed by atoms with Crippen LogP contribution in [0.25, 0.3) is 0 Å². The molecule has 0 radical (unpaired) electrons. The van der Waals surface area contributed by atoms with Crippen molar-refractivity contribution in [2.45, 2.75) is 18.8 Å². The average Bonchev–Trinajstić information content (AvgIpc) is 2.63. The van der Waals surface area contributed by atoms with E-state index in [2.05, 4.69) is 0 Å². The molecule has 1 saturated heterocycles. The molecule has 1 atom stereocenters. The first-order valence-corrected chi connectivity index (χ1v) is 9.70. The summed E-state index contributed by atoms with van der Waals surface area (Å²) in [6.45, 7) is 0.0298. The van der Waals surface area contributed by atoms with Crippen LogP contribution in [0, 0.1) is 0 Å². The van der Waals surface area contributed by atoms with Crippen LogP contribution in [0.2, 0.25) is 5.02 Å². The second-order valence-corrected chi connectivity index (χ2v) is 7.67. The van der Waals surface area contributed by atoms with E-state index in [-0.39, 0.29) is 6.04 Å². The molecule has 0 bridgehead atoms. The molecule has 1 aliphatic rings. The zero-order valence-corrected chi connectivity index (χ0v) is 15.7. The van der Waals surface area contributed by atoms with Crippen molar-refractivity contribution in [1.82, 2.24) is 9.47 Å². The van der Waals surface area contributed by atoms with Crippen molar-refractivity contribution in [1.29, 1.82) is 0 Å². The van der Waals surface area contributed by atoms with Gasteiger partial charge < -0.3 is 9.47 Å². The Kier molecular flexibility index (Phi) is 5.86. The number of rotatable bonds is 3. The Morgan fingerprint density at radius 1 is 1.22 bits per heavy atom. The molecule has 1 aromatic heterocycles. The largest absolute Gasteiger partial charge is 0.421 e. The number of carbonyl (C=O) groups excluding carboxylic acids is 1. The van der Waals surface area contributed by atoms with Crippen molar-refractivity contribution in [3.05, 3.63) is 69.1 Å². The van der Waals surface area contributed by atoms with Crippen LogP contribution in [0.15, 0.2) is 47.4 Å². The highest BCUT2D eigenvalue weighted by Crippen LogP contribution is 2.30. The number of benzene rings is 1. The van der Waals surface area contributed by atoms with E-state index in [1.165, 1.54) is 6.20 Å². The number of alkyl halides is 3. The zero-order valence-electron chi connectivity index (χ0n) is 14.1. The molecule has 1 aromatic carbocycles. The number of aromatic nitrogens is 1. The fourth-order valence-corrected chi connectivity index (χ4v) is 4.19. The van der Waals surface area contributed by atoms with Crippen LogP contribution in [-0.2, 0) is 17.5 Å². The quantitative estimate of drug-likeness (QED) is 0.763. The van der Waals surface area contributed by atoms with Crippen molar-refractivity contribution >= 4 is 29.3 Å². The molecule has 1 fully saturated rings. The predicted octanol–water partition coefficient (Wildman–Crippen LogP) is 3.84. The van der Waals surface area contributed by atoms with Gasteiger partial charge in [0.15, 0.2) is 0 Å². The molecule has 27 heavy (non-hydrogen) atoms. The lowest BCUT2D eigenvalue weighted by Crippen LogP contribution is -2.43. The molecule has 0 saturated carbocycles. The van der Waals surface area contributed by atoms with Gasteiger partial charge in [0.25, 0.3) is 5.56 Å². The number of nitrogens with zero attached hydrogens (tertiary/aromatic N) is 2. The number of hydrogen-bond acceptors (Lipinski definition) is 3. The summed E-state index contributed by atoms with van der Waals surface area (Å²) < 4.78 is 39.6. The fourth-order valence-electron chi connectivity index (χ4n) is 2.98. The first-order valence-electron chi connectivity index (χ1n) is 8.16. The smallest absolute Gasteiger partial charge is 0.332 e. The third-order valence-corrected chi connectivity index (χ3v) is 5.61. The second kappa shape index (κ2) is 7.98. The third-order valence-electron chi connectivity index (χ3n) is 4.33. The van der Waals surface area contributed by atoms with Crippen molar-refractivity contribution in [2.75, 3.05) is 18.1 Å². The van der Waals surface area contributed by atoms with Crippen LogP contribution in [0.3, 0.4) is 0 Å². The molecule has 1 amide bonds. The topological polar surface area (TPSA) is 42.3 Å². The first-order chi connectivity index (χ1) is 12.8. The molecule has 0 N–H and O–H groups in total. The number of amides is 1. The second-order valence-electron chi connectivity index (χ2n) is 6.08. The monoisotopic (exact) mass is 416 g/mol. The average molecular weight is 417 g/mol. The highest BCUT2D eigenvalue weighted by Gasteiger charge is 2.35. The Bertz CT molecular complexity index is 883. The van der Waals surface area contributed by atoms with Crippen LogP contribution in [0.1, 0.15) is 17.2 Å². The Morgan fingerprint density at radius 3 is 2.59 bits per heavy atom. The minimum atomic E-state index is -4.75. The number of halogens is 4. The van der Waals surface area contributed by atoms with Gasteiger partial charge in [-0.3, -0.25) is 9.59 Å². The molecule has 4 nitrogen and oxygen atoms in total. The van der Waals surface area contributed by atoms with Crippen molar-refractivity contribution in [3.8, 4) is 0 Å².